The first kappa shape index (κ1) is 12.3. The third-order valence-corrected chi connectivity index (χ3v) is 3.81. The van der Waals surface area contributed by atoms with Crippen molar-refractivity contribution in [2.45, 2.75) is 12.6 Å². The van der Waals surface area contributed by atoms with Gasteiger partial charge in [0.05, 0.1) is 12.2 Å². The normalized spacial score (nSPS) is 17.7. The first-order valence-corrected chi connectivity index (χ1v) is 7.03. The van der Waals surface area contributed by atoms with Crippen LogP contribution < -0.4 is 5.32 Å². The van der Waals surface area contributed by atoms with E-state index < -0.39 is 0 Å². The van der Waals surface area contributed by atoms with Crippen molar-refractivity contribution in [3.63, 3.8) is 0 Å². The van der Waals surface area contributed by atoms with Gasteiger partial charge in [-0.2, -0.15) is 5.10 Å². The molecular formula is C15H16N6. The summed E-state index contributed by atoms with van der Waals surface area (Å²) in [4.78, 5) is 0. The number of hydrogen-bond donors (Lipinski definition) is 1. The third kappa shape index (κ3) is 2.04. The monoisotopic (exact) mass is 280 g/mol. The van der Waals surface area contributed by atoms with E-state index in [0.29, 0.717) is 0 Å². The zero-order valence-corrected chi connectivity index (χ0v) is 11.8. The topological polar surface area (TPSA) is 60.6 Å². The number of hydrogen-bond acceptors (Lipinski definition) is 4. The molecule has 0 aliphatic carbocycles. The van der Waals surface area contributed by atoms with Gasteiger partial charge in [-0.15, -0.1) is 10.2 Å². The molecule has 6 nitrogen and oxygen atoms in total. The van der Waals surface area contributed by atoms with Crippen LogP contribution in [-0.4, -0.2) is 31.1 Å². The van der Waals surface area contributed by atoms with Crippen LogP contribution in [-0.2, 0) is 13.6 Å². The fourth-order valence-corrected chi connectivity index (χ4v) is 2.82. The van der Waals surface area contributed by atoms with E-state index >= 15 is 0 Å². The molecule has 1 aromatic carbocycles. The van der Waals surface area contributed by atoms with Crippen LogP contribution in [0.25, 0.3) is 11.4 Å². The molecule has 0 radical (unpaired) electrons. The van der Waals surface area contributed by atoms with Gasteiger partial charge in [-0.3, -0.25) is 4.68 Å². The van der Waals surface area contributed by atoms with Crippen molar-refractivity contribution in [1.82, 2.24) is 29.9 Å². The van der Waals surface area contributed by atoms with Crippen molar-refractivity contribution in [1.29, 1.82) is 0 Å². The molecule has 1 atom stereocenters. The largest absolute Gasteiger partial charge is 0.308 e. The van der Waals surface area contributed by atoms with E-state index in [1.54, 1.807) is 0 Å². The Bertz CT molecular complexity index is 758. The number of nitrogens with one attached hydrogen (secondary N) is 1. The van der Waals surface area contributed by atoms with Crippen LogP contribution in [0.15, 0.2) is 42.7 Å². The van der Waals surface area contributed by atoms with Crippen LogP contribution in [0.1, 0.15) is 17.4 Å². The SMILES string of the molecule is Cn1cc(C2NCCn3c(-c4ccccc4)nnc32)cn1. The zero-order chi connectivity index (χ0) is 14.2. The molecule has 0 amide bonds. The van der Waals surface area contributed by atoms with E-state index in [4.69, 9.17) is 0 Å². The minimum atomic E-state index is 0.0532. The molecule has 0 spiro atoms. The Morgan fingerprint density at radius 2 is 2.05 bits per heavy atom. The minimum Gasteiger partial charge on any atom is -0.308 e. The zero-order valence-electron chi connectivity index (χ0n) is 11.8. The lowest BCUT2D eigenvalue weighted by Gasteiger charge is -2.24. The maximum absolute atomic E-state index is 4.41. The van der Waals surface area contributed by atoms with Gasteiger partial charge in [-0.1, -0.05) is 30.3 Å². The molecular weight excluding hydrogens is 264 g/mol. The smallest absolute Gasteiger partial charge is 0.164 e. The summed E-state index contributed by atoms with van der Waals surface area (Å²) in [6.45, 7) is 1.77. The lowest BCUT2D eigenvalue weighted by Crippen LogP contribution is -2.34. The summed E-state index contributed by atoms with van der Waals surface area (Å²) in [7, 11) is 1.92. The molecule has 3 heterocycles. The van der Waals surface area contributed by atoms with E-state index in [0.717, 1.165) is 35.9 Å². The molecule has 6 heteroatoms. The first-order valence-electron chi connectivity index (χ1n) is 7.03. The number of rotatable bonds is 2. The highest BCUT2D eigenvalue weighted by Crippen LogP contribution is 2.27. The molecule has 1 aliphatic rings. The summed E-state index contributed by atoms with van der Waals surface area (Å²) in [5.74, 6) is 1.88. The van der Waals surface area contributed by atoms with Gasteiger partial charge in [0.1, 0.15) is 0 Å². The van der Waals surface area contributed by atoms with Crippen molar-refractivity contribution in [3.8, 4) is 11.4 Å². The summed E-state index contributed by atoms with van der Waals surface area (Å²) in [5, 5.41) is 16.6. The summed E-state index contributed by atoms with van der Waals surface area (Å²) in [5.41, 5.74) is 2.22. The molecule has 1 N–H and O–H groups in total. The van der Waals surface area contributed by atoms with Gasteiger partial charge in [0, 0.05) is 37.5 Å². The van der Waals surface area contributed by atoms with Crippen molar-refractivity contribution in [2.75, 3.05) is 6.54 Å². The maximum atomic E-state index is 4.41. The van der Waals surface area contributed by atoms with Crippen LogP contribution in [0.2, 0.25) is 0 Å². The molecule has 4 rings (SSSR count). The molecule has 1 unspecified atom stereocenters. The van der Waals surface area contributed by atoms with Gasteiger partial charge in [0.25, 0.3) is 0 Å². The number of aryl methyl sites for hydroxylation is 1. The van der Waals surface area contributed by atoms with Gasteiger partial charge in [-0.25, -0.2) is 0 Å². The molecule has 21 heavy (non-hydrogen) atoms. The highest BCUT2D eigenvalue weighted by atomic mass is 15.3. The Kier molecular flexibility index (Phi) is 2.82. The fraction of sp³-hybridized carbons (Fsp3) is 0.267. The molecule has 1 aliphatic heterocycles. The average Bonchev–Trinajstić information content (AvgIpc) is 3.14. The molecule has 2 aromatic heterocycles. The van der Waals surface area contributed by atoms with Crippen LogP contribution in [0, 0.1) is 0 Å². The lowest BCUT2D eigenvalue weighted by molar-refractivity contribution is 0.458. The van der Waals surface area contributed by atoms with Gasteiger partial charge in [-0.05, 0) is 0 Å². The van der Waals surface area contributed by atoms with Crippen molar-refractivity contribution >= 4 is 0 Å². The molecule has 3 aromatic rings. The Balaban J connectivity index is 1.78. The average molecular weight is 280 g/mol. The molecule has 0 fully saturated rings. The van der Waals surface area contributed by atoms with Gasteiger partial charge in [0.2, 0.25) is 0 Å². The second-order valence-corrected chi connectivity index (χ2v) is 5.23. The number of benzene rings is 1. The molecule has 0 saturated carbocycles. The van der Waals surface area contributed by atoms with Crippen molar-refractivity contribution in [2.24, 2.45) is 7.05 Å². The summed E-state index contributed by atoms with van der Waals surface area (Å²) in [6, 6.07) is 10.2. The first-order chi connectivity index (χ1) is 10.3. The van der Waals surface area contributed by atoms with E-state index in [1.807, 2.05) is 42.3 Å². The quantitative estimate of drug-likeness (QED) is 0.770. The van der Waals surface area contributed by atoms with Crippen molar-refractivity contribution in [3.05, 3.63) is 54.1 Å². The Hall–Kier alpha value is -2.47. The highest BCUT2D eigenvalue weighted by Gasteiger charge is 2.27. The maximum Gasteiger partial charge on any atom is 0.164 e. The lowest BCUT2D eigenvalue weighted by atomic mass is 10.1. The minimum absolute atomic E-state index is 0.0532. The second-order valence-electron chi connectivity index (χ2n) is 5.23. The Morgan fingerprint density at radius 1 is 1.19 bits per heavy atom. The second kappa shape index (κ2) is 4.82. The van der Waals surface area contributed by atoms with Gasteiger partial charge < -0.3 is 9.88 Å². The Labute approximate surface area is 122 Å². The fourth-order valence-electron chi connectivity index (χ4n) is 2.82. The molecule has 0 saturated heterocycles. The number of fused-ring (bicyclic) bond motifs is 1. The van der Waals surface area contributed by atoms with E-state index in [1.165, 1.54) is 0 Å². The molecule has 0 bridgehead atoms. The van der Waals surface area contributed by atoms with Crippen molar-refractivity contribution < 1.29 is 0 Å². The van der Waals surface area contributed by atoms with E-state index in [-0.39, 0.29) is 6.04 Å². The van der Waals surface area contributed by atoms with Gasteiger partial charge in [0.15, 0.2) is 11.6 Å². The summed E-state index contributed by atoms with van der Waals surface area (Å²) < 4.78 is 4.01. The van der Waals surface area contributed by atoms with E-state index in [2.05, 4.69) is 37.3 Å². The van der Waals surface area contributed by atoms with Crippen LogP contribution in [0.5, 0.6) is 0 Å². The third-order valence-electron chi connectivity index (χ3n) is 3.81. The Morgan fingerprint density at radius 3 is 2.81 bits per heavy atom. The van der Waals surface area contributed by atoms with Crippen LogP contribution >= 0.6 is 0 Å². The van der Waals surface area contributed by atoms with Gasteiger partial charge >= 0.3 is 0 Å². The summed E-state index contributed by atoms with van der Waals surface area (Å²) in [6.07, 6.45) is 3.90. The highest BCUT2D eigenvalue weighted by molar-refractivity contribution is 5.55. The standard InChI is InChI=1S/C15H16N6/c1-20-10-12(9-17-20)13-15-19-18-14(21(15)8-7-16-13)11-5-3-2-4-6-11/h2-6,9-10,13,16H,7-8H2,1H3. The predicted molar refractivity (Wildman–Crippen MR) is 78.5 cm³/mol. The van der Waals surface area contributed by atoms with E-state index in [9.17, 15) is 0 Å². The van der Waals surface area contributed by atoms with Crippen LogP contribution in [0.4, 0.5) is 0 Å². The number of aromatic nitrogens is 5. The molecule has 106 valence electrons. The predicted octanol–water partition coefficient (Wildman–Crippen LogP) is 1.37. The number of nitrogens with zero attached hydrogens (tertiary/aromatic N) is 5. The summed E-state index contributed by atoms with van der Waals surface area (Å²) >= 11 is 0. The van der Waals surface area contributed by atoms with Crippen LogP contribution in [0.3, 0.4) is 0 Å².